The number of benzene rings is 3. The van der Waals surface area contributed by atoms with Crippen molar-refractivity contribution in [2.75, 3.05) is 12.9 Å². The van der Waals surface area contributed by atoms with E-state index in [-0.39, 0.29) is 29.0 Å². The van der Waals surface area contributed by atoms with Crippen LogP contribution in [-0.4, -0.2) is 34.1 Å². The standard InChI is InChI=1S/C27H25N3O4S/c1-17(28-18(2)31)19-11-13-20(14-12-19)25(32)16-35-27-29-24-10-5-4-9-23(24)26(33)30(27)21-7-6-8-22(15-21)34-3/h4-15,17H,16H2,1-3H3,(H,28,31). The zero-order chi connectivity index (χ0) is 24.9. The molecule has 178 valence electrons. The Morgan fingerprint density at radius 3 is 2.51 bits per heavy atom. The first-order valence-corrected chi connectivity index (χ1v) is 12.0. The van der Waals surface area contributed by atoms with Gasteiger partial charge in [-0.25, -0.2) is 4.98 Å². The molecule has 8 heteroatoms. The first kappa shape index (κ1) is 24.2. The van der Waals surface area contributed by atoms with E-state index in [4.69, 9.17) is 9.72 Å². The number of carbonyl (C=O) groups is 2. The molecular formula is C27H25N3O4S. The van der Waals surface area contributed by atoms with Crippen molar-refractivity contribution in [1.29, 1.82) is 0 Å². The van der Waals surface area contributed by atoms with Gasteiger partial charge in [-0.3, -0.25) is 19.0 Å². The van der Waals surface area contributed by atoms with E-state index in [0.717, 1.165) is 5.56 Å². The van der Waals surface area contributed by atoms with Gasteiger partial charge in [-0.2, -0.15) is 0 Å². The summed E-state index contributed by atoms with van der Waals surface area (Å²) in [5.41, 5.74) is 2.43. The Morgan fingerprint density at radius 2 is 1.80 bits per heavy atom. The van der Waals surface area contributed by atoms with Gasteiger partial charge < -0.3 is 10.1 Å². The number of Topliss-reactive ketones (excluding diaryl/α,β-unsaturated/α-hetero) is 1. The van der Waals surface area contributed by atoms with E-state index < -0.39 is 0 Å². The Labute approximate surface area is 207 Å². The maximum absolute atomic E-state index is 13.4. The van der Waals surface area contributed by atoms with Crippen molar-refractivity contribution in [2.45, 2.75) is 25.0 Å². The molecule has 0 saturated carbocycles. The molecule has 4 aromatic rings. The molecule has 1 N–H and O–H groups in total. The minimum atomic E-state index is -0.213. The highest BCUT2D eigenvalue weighted by molar-refractivity contribution is 7.99. The number of nitrogens with zero attached hydrogens (tertiary/aromatic N) is 2. The highest BCUT2D eigenvalue weighted by Gasteiger charge is 2.16. The van der Waals surface area contributed by atoms with Crippen molar-refractivity contribution >= 4 is 34.4 Å². The summed E-state index contributed by atoms with van der Waals surface area (Å²) in [6, 6.07) is 21.3. The number of carbonyl (C=O) groups excluding carboxylic acids is 2. The molecule has 1 heterocycles. The van der Waals surface area contributed by atoms with E-state index in [0.29, 0.717) is 33.1 Å². The fourth-order valence-electron chi connectivity index (χ4n) is 3.75. The number of hydrogen-bond donors (Lipinski definition) is 1. The van der Waals surface area contributed by atoms with Crippen LogP contribution in [-0.2, 0) is 4.79 Å². The quantitative estimate of drug-likeness (QED) is 0.223. The Balaban J connectivity index is 1.63. The summed E-state index contributed by atoms with van der Waals surface area (Å²) in [7, 11) is 1.57. The summed E-state index contributed by atoms with van der Waals surface area (Å²) in [4.78, 5) is 42.3. The number of ether oxygens (including phenoxy) is 1. The van der Waals surface area contributed by atoms with Gasteiger partial charge in [0, 0.05) is 18.6 Å². The predicted molar refractivity (Wildman–Crippen MR) is 138 cm³/mol. The van der Waals surface area contributed by atoms with Gasteiger partial charge in [0.1, 0.15) is 5.75 Å². The van der Waals surface area contributed by atoms with Crippen molar-refractivity contribution < 1.29 is 14.3 Å². The van der Waals surface area contributed by atoms with Crippen LogP contribution in [0.15, 0.2) is 82.7 Å². The summed E-state index contributed by atoms with van der Waals surface area (Å²) >= 11 is 1.21. The van der Waals surface area contributed by atoms with Crippen LogP contribution in [0.25, 0.3) is 16.6 Å². The van der Waals surface area contributed by atoms with Crippen LogP contribution in [0.4, 0.5) is 0 Å². The lowest BCUT2D eigenvalue weighted by Gasteiger charge is -2.14. The molecule has 1 amide bonds. The molecule has 1 atom stereocenters. The number of nitrogens with one attached hydrogen (secondary N) is 1. The largest absolute Gasteiger partial charge is 0.497 e. The molecule has 0 spiro atoms. The van der Waals surface area contributed by atoms with E-state index in [9.17, 15) is 14.4 Å². The Bertz CT molecular complexity index is 1450. The van der Waals surface area contributed by atoms with Gasteiger partial charge in [0.05, 0.1) is 35.5 Å². The molecule has 0 saturated heterocycles. The second kappa shape index (κ2) is 10.6. The smallest absolute Gasteiger partial charge is 0.266 e. The second-order valence-electron chi connectivity index (χ2n) is 8.01. The normalized spacial score (nSPS) is 11.7. The number of rotatable bonds is 8. The van der Waals surface area contributed by atoms with Gasteiger partial charge in [-0.15, -0.1) is 0 Å². The van der Waals surface area contributed by atoms with Gasteiger partial charge in [0.15, 0.2) is 10.9 Å². The molecule has 0 aliphatic rings. The van der Waals surface area contributed by atoms with Gasteiger partial charge >= 0.3 is 0 Å². The van der Waals surface area contributed by atoms with Crippen LogP contribution in [0.1, 0.15) is 35.8 Å². The van der Waals surface area contributed by atoms with Crippen LogP contribution < -0.4 is 15.6 Å². The summed E-state index contributed by atoms with van der Waals surface area (Å²) in [5.74, 6) is 0.519. The SMILES string of the molecule is COc1cccc(-n2c(SCC(=O)c3ccc(C(C)NC(C)=O)cc3)nc3ccccc3c2=O)c1. The van der Waals surface area contributed by atoms with Crippen LogP contribution >= 0.6 is 11.8 Å². The third-order valence-corrected chi connectivity index (χ3v) is 6.48. The number of methoxy groups -OCH3 is 1. The number of para-hydroxylation sites is 1. The predicted octanol–water partition coefficient (Wildman–Crippen LogP) is 4.57. The highest BCUT2D eigenvalue weighted by atomic mass is 32.2. The van der Waals surface area contributed by atoms with Crippen molar-refractivity contribution in [3.63, 3.8) is 0 Å². The van der Waals surface area contributed by atoms with Crippen LogP contribution in [0.3, 0.4) is 0 Å². The third-order valence-electron chi connectivity index (χ3n) is 5.54. The minimum Gasteiger partial charge on any atom is -0.497 e. The number of fused-ring (bicyclic) bond motifs is 1. The zero-order valence-electron chi connectivity index (χ0n) is 19.6. The zero-order valence-corrected chi connectivity index (χ0v) is 20.5. The molecule has 4 rings (SSSR count). The Morgan fingerprint density at radius 1 is 1.06 bits per heavy atom. The van der Waals surface area contributed by atoms with E-state index in [2.05, 4.69) is 5.32 Å². The minimum absolute atomic E-state index is 0.0895. The number of hydrogen-bond acceptors (Lipinski definition) is 6. The lowest BCUT2D eigenvalue weighted by molar-refractivity contribution is -0.119. The van der Waals surface area contributed by atoms with Crippen LogP contribution in [0.5, 0.6) is 5.75 Å². The lowest BCUT2D eigenvalue weighted by Crippen LogP contribution is -2.23. The molecule has 7 nitrogen and oxygen atoms in total. The maximum Gasteiger partial charge on any atom is 0.266 e. The molecule has 0 aliphatic heterocycles. The average molecular weight is 488 g/mol. The molecule has 1 unspecified atom stereocenters. The number of ketones is 1. The van der Waals surface area contributed by atoms with Crippen LogP contribution in [0, 0.1) is 0 Å². The van der Waals surface area contributed by atoms with Crippen molar-refractivity contribution in [1.82, 2.24) is 14.9 Å². The van der Waals surface area contributed by atoms with E-state index in [1.807, 2.05) is 25.1 Å². The fraction of sp³-hybridized carbons (Fsp3) is 0.185. The summed E-state index contributed by atoms with van der Waals surface area (Å²) in [5, 5.41) is 3.74. The molecule has 0 fully saturated rings. The molecule has 0 radical (unpaired) electrons. The van der Waals surface area contributed by atoms with E-state index in [1.54, 1.807) is 61.7 Å². The Kier molecular flexibility index (Phi) is 7.31. The average Bonchev–Trinajstić information content (AvgIpc) is 2.87. The molecule has 0 bridgehead atoms. The molecule has 0 aliphatic carbocycles. The van der Waals surface area contributed by atoms with Crippen molar-refractivity contribution in [3.8, 4) is 11.4 Å². The van der Waals surface area contributed by atoms with Crippen LogP contribution in [0.2, 0.25) is 0 Å². The molecule has 1 aromatic heterocycles. The van der Waals surface area contributed by atoms with Gasteiger partial charge in [-0.05, 0) is 36.8 Å². The third kappa shape index (κ3) is 5.44. The highest BCUT2D eigenvalue weighted by Crippen LogP contribution is 2.24. The van der Waals surface area contributed by atoms with E-state index in [1.165, 1.54) is 23.3 Å². The maximum atomic E-state index is 13.4. The number of thioether (sulfide) groups is 1. The van der Waals surface area contributed by atoms with Crippen molar-refractivity contribution in [3.05, 3.63) is 94.3 Å². The lowest BCUT2D eigenvalue weighted by atomic mass is 10.0. The first-order chi connectivity index (χ1) is 16.9. The topological polar surface area (TPSA) is 90.3 Å². The van der Waals surface area contributed by atoms with Gasteiger partial charge in [0.25, 0.3) is 5.56 Å². The first-order valence-electron chi connectivity index (χ1n) is 11.1. The molecule has 35 heavy (non-hydrogen) atoms. The number of amides is 1. The monoisotopic (exact) mass is 487 g/mol. The summed E-state index contributed by atoms with van der Waals surface area (Å²) in [6.45, 7) is 3.36. The van der Waals surface area contributed by atoms with Gasteiger partial charge in [-0.1, -0.05) is 54.2 Å². The van der Waals surface area contributed by atoms with Crippen molar-refractivity contribution in [2.24, 2.45) is 0 Å². The van der Waals surface area contributed by atoms with E-state index >= 15 is 0 Å². The Hall–Kier alpha value is -3.91. The number of aromatic nitrogens is 2. The fourth-order valence-corrected chi connectivity index (χ4v) is 4.65. The molecule has 3 aromatic carbocycles. The van der Waals surface area contributed by atoms with Gasteiger partial charge in [0.2, 0.25) is 5.91 Å². The summed E-state index contributed by atoms with van der Waals surface area (Å²) < 4.78 is 6.84. The second-order valence-corrected chi connectivity index (χ2v) is 8.95. The summed E-state index contributed by atoms with van der Waals surface area (Å²) in [6.07, 6.45) is 0. The molecular weight excluding hydrogens is 462 g/mol.